The highest BCUT2D eigenvalue weighted by Gasteiger charge is 2.22. The average Bonchev–Trinajstić information content (AvgIpc) is 2.73. The van der Waals surface area contributed by atoms with Gasteiger partial charge in [-0.25, -0.2) is 9.78 Å². The fourth-order valence-electron chi connectivity index (χ4n) is 1.25. The van der Waals surface area contributed by atoms with Gasteiger partial charge in [-0.15, -0.1) is 11.3 Å². The van der Waals surface area contributed by atoms with Gasteiger partial charge in [-0.2, -0.15) is 0 Å². The van der Waals surface area contributed by atoms with Gasteiger partial charge in [0.2, 0.25) is 0 Å². The summed E-state index contributed by atoms with van der Waals surface area (Å²) in [4.78, 5) is 30.2. The third-order valence-corrected chi connectivity index (χ3v) is 3.11. The number of halogens is 1. The zero-order valence-electron chi connectivity index (χ0n) is 7.94. The summed E-state index contributed by atoms with van der Waals surface area (Å²) in [5.41, 5.74) is 1.28. The van der Waals surface area contributed by atoms with E-state index in [2.05, 4.69) is 14.7 Å². The van der Waals surface area contributed by atoms with Crippen LogP contribution in [-0.4, -0.2) is 23.0 Å². The molecule has 16 heavy (non-hydrogen) atoms. The first-order valence-electron chi connectivity index (χ1n) is 4.05. The maximum Gasteiger partial charge on any atom is 0.347 e. The third-order valence-electron chi connectivity index (χ3n) is 1.93. The fourth-order valence-corrected chi connectivity index (χ4v) is 2.35. The minimum atomic E-state index is -0.747. The first-order valence-corrected chi connectivity index (χ1v) is 5.81. The number of rotatable bonds is 2. The van der Waals surface area contributed by atoms with Crippen LogP contribution in [0.1, 0.15) is 10.4 Å². The van der Waals surface area contributed by atoms with E-state index < -0.39 is 11.5 Å². The molecule has 2 rings (SSSR count). The van der Waals surface area contributed by atoms with E-state index in [1.54, 1.807) is 28.5 Å². The molecule has 1 N–H and O–H groups in total. The van der Waals surface area contributed by atoms with Crippen molar-refractivity contribution < 1.29 is 12.6 Å². The van der Waals surface area contributed by atoms with Crippen molar-refractivity contribution >= 4 is 50.7 Å². The molecule has 0 saturated carbocycles. The Bertz CT molecular complexity index is 606. The second-order valence-corrected chi connectivity index (χ2v) is 4.05. The quantitative estimate of drug-likeness (QED) is 0.655. The second-order valence-electron chi connectivity index (χ2n) is 2.76. The van der Waals surface area contributed by atoms with Crippen LogP contribution in [0.25, 0.3) is 10.3 Å². The molecule has 0 amide bonds. The Morgan fingerprint density at radius 3 is 3.00 bits per heavy atom. The maximum atomic E-state index is 11.7. The van der Waals surface area contributed by atoms with E-state index in [4.69, 9.17) is 3.07 Å². The van der Waals surface area contributed by atoms with Crippen LogP contribution in [0.2, 0.25) is 0 Å². The molecule has 2 aromatic heterocycles. The highest BCUT2D eigenvalue weighted by atomic mass is 127. The molecule has 0 spiro atoms. The molecule has 8 heteroatoms. The van der Waals surface area contributed by atoms with Gasteiger partial charge in [-0.3, -0.25) is 4.79 Å². The Morgan fingerprint density at radius 2 is 2.38 bits per heavy atom. The van der Waals surface area contributed by atoms with Gasteiger partial charge in [0, 0.05) is 0 Å². The smallest absolute Gasteiger partial charge is 0.347 e. The highest BCUT2D eigenvalue weighted by Crippen LogP contribution is 2.28. The van der Waals surface area contributed by atoms with Crippen LogP contribution < -0.4 is 8.63 Å². The number of nitrogens with one attached hydrogen (secondary N) is 1. The van der Waals surface area contributed by atoms with Crippen LogP contribution in [0.4, 0.5) is 0 Å². The number of thiazole rings is 1. The number of carbonyl (C=O) groups excluding carboxylic acids is 1. The van der Waals surface area contributed by atoms with Crippen molar-refractivity contribution in [3.8, 4) is 5.75 Å². The predicted octanol–water partition coefficient (Wildman–Crippen LogP) is 1.50. The van der Waals surface area contributed by atoms with Crippen molar-refractivity contribution in [3.05, 3.63) is 21.4 Å². The Morgan fingerprint density at radius 1 is 1.62 bits per heavy atom. The molecule has 0 unspecified atom stereocenters. The summed E-state index contributed by atoms with van der Waals surface area (Å²) in [6.45, 7) is 0. The number of ether oxygens (including phenoxy) is 1. The lowest BCUT2D eigenvalue weighted by Crippen LogP contribution is -2.19. The lowest BCUT2D eigenvalue weighted by Gasteiger charge is -2.04. The number of esters is 1. The monoisotopic (exact) mass is 352 g/mol. The molecular formula is C8H5IN2O4S. The SMILES string of the molecule is COC(=O)c1c(OI)c2ncsc2[nH]c1=O. The van der Waals surface area contributed by atoms with E-state index in [9.17, 15) is 9.59 Å². The van der Waals surface area contributed by atoms with Crippen LogP contribution in [0.5, 0.6) is 5.75 Å². The Labute approximate surface area is 107 Å². The molecule has 0 saturated heterocycles. The normalized spacial score (nSPS) is 10.4. The largest absolute Gasteiger partial charge is 0.465 e. The lowest BCUT2D eigenvalue weighted by atomic mass is 10.2. The van der Waals surface area contributed by atoms with Crippen LogP contribution in [0.3, 0.4) is 0 Å². The summed E-state index contributed by atoms with van der Waals surface area (Å²) in [7, 11) is 1.20. The number of methoxy groups -OCH3 is 1. The number of nitrogens with zero attached hydrogens (tertiary/aromatic N) is 1. The molecule has 2 heterocycles. The molecule has 0 aliphatic heterocycles. The number of hydrogen-bond donors (Lipinski definition) is 1. The van der Waals surface area contributed by atoms with Gasteiger partial charge < -0.3 is 12.8 Å². The van der Waals surface area contributed by atoms with Gasteiger partial charge in [0.05, 0.1) is 12.6 Å². The molecule has 0 radical (unpaired) electrons. The predicted molar refractivity (Wildman–Crippen MR) is 66.2 cm³/mol. The number of fused-ring (bicyclic) bond motifs is 1. The highest BCUT2D eigenvalue weighted by molar-refractivity contribution is 14.1. The number of carbonyl (C=O) groups is 1. The van der Waals surface area contributed by atoms with Crippen molar-refractivity contribution in [2.45, 2.75) is 0 Å². The van der Waals surface area contributed by atoms with Crippen LogP contribution in [0.15, 0.2) is 10.3 Å². The van der Waals surface area contributed by atoms with E-state index >= 15 is 0 Å². The van der Waals surface area contributed by atoms with Crippen molar-refractivity contribution in [3.63, 3.8) is 0 Å². The van der Waals surface area contributed by atoms with Crippen LogP contribution >= 0.6 is 34.3 Å². The molecule has 0 aliphatic rings. The van der Waals surface area contributed by atoms with E-state index in [0.717, 1.165) is 0 Å². The summed E-state index contributed by atoms with van der Waals surface area (Å²) >= 11 is 2.85. The molecule has 84 valence electrons. The van der Waals surface area contributed by atoms with Gasteiger partial charge in [-0.1, -0.05) is 0 Å². The molecule has 0 bridgehead atoms. The molecule has 0 fully saturated rings. The lowest BCUT2D eigenvalue weighted by molar-refractivity contribution is 0.0597. The number of aromatic amines is 1. The van der Waals surface area contributed by atoms with E-state index in [1.807, 2.05) is 0 Å². The number of H-pyrrole nitrogens is 1. The van der Waals surface area contributed by atoms with Crippen molar-refractivity contribution in [2.75, 3.05) is 7.11 Å². The zero-order chi connectivity index (χ0) is 11.7. The number of aromatic nitrogens is 2. The Kier molecular flexibility index (Phi) is 3.10. The first-order chi connectivity index (χ1) is 7.69. The van der Waals surface area contributed by atoms with E-state index in [1.165, 1.54) is 18.4 Å². The Hall–Kier alpha value is -1.16. The minimum Gasteiger partial charge on any atom is -0.465 e. The van der Waals surface area contributed by atoms with Crippen LogP contribution in [0, 0.1) is 0 Å². The summed E-state index contributed by atoms with van der Waals surface area (Å²) in [5, 5.41) is 0. The molecule has 6 nitrogen and oxygen atoms in total. The van der Waals surface area contributed by atoms with Crippen molar-refractivity contribution in [1.29, 1.82) is 0 Å². The van der Waals surface area contributed by atoms with Crippen LogP contribution in [-0.2, 0) is 4.74 Å². The first kappa shape index (κ1) is 11.3. The van der Waals surface area contributed by atoms with Crippen molar-refractivity contribution in [1.82, 2.24) is 9.97 Å². The number of pyridine rings is 1. The molecule has 0 aromatic carbocycles. The summed E-state index contributed by atoms with van der Waals surface area (Å²) in [5.74, 6) is -0.615. The second kappa shape index (κ2) is 4.37. The topological polar surface area (TPSA) is 81.3 Å². The summed E-state index contributed by atoms with van der Waals surface area (Å²) in [6.07, 6.45) is 0. The van der Waals surface area contributed by atoms with E-state index in [0.29, 0.717) is 10.3 Å². The maximum absolute atomic E-state index is 11.7. The standard InChI is InChI=1S/C8H5IN2O4S/c1-14-8(13)3-5(15-9)4-7(11-6(3)12)16-2-10-4/h2H,1H3,(H,11,12). The van der Waals surface area contributed by atoms with E-state index in [-0.39, 0.29) is 11.3 Å². The van der Waals surface area contributed by atoms with Gasteiger partial charge in [0.25, 0.3) is 5.56 Å². The average molecular weight is 352 g/mol. The van der Waals surface area contributed by atoms with Gasteiger partial charge >= 0.3 is 5.97 Å². The van der Waals surface area contributed by atoms with Gasteiger partial charge in [-0.05, 0) is 0 Å². The molecular weight excluding hydrogens is 347 g/mol. The molecule has 2 aromatic rings. The number of hydrogen-bond acceptors (Lipinski definition) is 6. The molecule has 0 atom stereocenters. The minimum absolute atomic E-state index is 0.132. The zero-order valence-corrected chi connectivity index (χ0v) is 10.9. The summed E-state index contributed by atoms with van der Waals surface area (Å²) in [6, 6.07) is 0. The fraction of sp³-hybridized carbons (Fsp3) is 0.125. The third kappa shape index (κ3) is 1.67. The Balaban J connectivity index is 2.85. The van der Waals surface area contributed by atoms with Gasteiger partial charge in [0.15, 0.2) is 34.3 Å². The van der Waals surface area contributed by atoms with Crippen molar-refractivity contribution in [2.24, 2.45) is 0 Å². The molecule has 0 aliphatic carbocycles. The summed E-state index contributed by atoms with van der Waals surface area (Å²) < 4.78 is 9.53. The van der Waals surface area contributed by atoms with Gasteiger partial charge in [0.1, 0.15) is 10.3 Å².